The van der Waals surface area contributed by atoms with E-state index in [9.17, 15) is 9.59 Å². The van der Waals surface area contributed by atoms with Crippen molar-refractivity contribution in [3.05, 3.63) is 45.0 Å². The Morgan fingerprint density at radius 2 is 1.75 bits per heavy atom. The lowest BCUT2D eigenvalue weighted by molar-refractivity contribution is -0.120. The molecule has 9 nitrogen and oxygen atoms in total. The molecule has 0 aromatic heterocycles. The highest BCUT2D eigenvalue weighted by atomic mass is 127. The third-order valence-electron chi connectivity index (χ3n) is 4.16. The van der Waals surface area contributed by atoms with Crippen molar-refractivity contribution in [1.82, 2.24) is 10.7 Å². The first-order chi connectivity index (χ1) is 15.4. The van der Waals surface area contributed by atoms with Crippen LogP contribution in [-0.2, 0) is 4.79 Å². The number of nitrogens with zero attached hydrogens (tertiary/aromatic N) is 1. The Morgan fingerprint density at radius 1 is 1.03 bits per heavy atom. The summed E-state index contributed by atoms with van der Waals surface area (Å²) < 4.78 is 22.3. The number of benzene rings is 2. The summed E-state index contributed by atoms with van der Waals surface area (Å²) >= 11 is 2.16. The Balaban J connectivity index is 1.92. The maximum Gasteiger partial charge on any atom is 0.259 e. The van der Waals surface area contributed by atoms with E-state index in [0.717, 1.165) is 15.6 Å². The summed E-state index contributed by atoms with van der Waals surface area (Å²) in [6, 6.07) is 8.36. The van der Waals surface area contributed by atoms with Gasteiger partial charge in [-0.25, -0.2) is 5.43 Å². The first kappa shape index (κ1) is 25.2. The number of hydrogen-bond donors (Lipinski definition) is 2. The smallest absolute Gasteiger partial charge is 0.259 e. The summed E-state index contributed by atoms with van der Waals surface area (Å²) in [5.41, 5.74) is 3.45. The minimum absolute atomic E-state index is 0.241. The number of methoxy groups -OCH3 is 3. The second kappa shape index (κ2) is 12.7. The fourth-order valence-corrected chi connectivity index (χ4v) is 3.40. The number of ether oxygens (including phenoxy) is 4. The Labute approximate surface area is 200 Å². The van der Waals surface area contributed by atoms with Gasteiger partial charge in [-0.2, -0.15) is 5.10 Å². The second-order valence-electron chi connectivity index (χ2n) is 6.43. The molecule has 0 fully saturated rings. The van der Waals surface area contributed by atoms with E-state index in [2.05, 4.69) is 38.4 Å². The minimum atomic E-state index is -0.473. The van der Waals surface area contributed by atoms with Gasteiger partial charge >= 0.3 is 0 Å². The molecule has 0 atom stereocenters. The molecule has 0 aliphatic heterocycles. The molecule has 2 rings (SSSR count). The van der Waals surface area contributed by atoms with Crippen LogP contribution in [0.15, 0.2) is 35.4 Å². The minimum Gasteiger partial charge on any atom is -0.493 e. The number of halogens is 1. The molecule has 0 unspecified atom stereocenters. The lowest BCUT2D eigenvalue weighted by Gasteiger charge is -2.12. The number of carbonyl (C=O) groups is 2. The van der Waals surface area contributed by atoms with Crippen LogP contribution in [0.25, 0.3) is 0 Å². The SMILES string of the molecule is CCCOc1c(I)cc(C=NNC(=O)CNC(=O)c2ccc(OC)c(OC)c2)cc1OC. The van der Waals surface area contributed by atoms with Gasteiger partial charge in [0.25, 0.3) is 11.8 Å². The van der Waals surface area contributed by atoms with Gasteiger partial charge in [0.2, 0.25) is 0 Å². The topological polar surface area (TPSA) is 107 Å². The van der Waals surface area contributed by atoms with E-state index in [1.165, 1.54) is 26.5 Å². The summed E-state index contributed by atoms with van der Waals surface area (Å²) in [5.74, 6) is 1.29. The van der Waals surface area contributed by atoms with Gasteiger partial charge in [-0.15, -0.1) is 0 Å². The van der Waals surface area contributed by atoms with E-state index in [1.54, 1.807) is 25.3 Å². The van der Waals surface area contributed by atoms with Crippen LogP contribution in [0.3, 0.4) is 0 Å². The van der Waals surface area contributed by atoms with Crippen LogP contribution in [0, 0.1) is 3.57 Å². The summed E-state index contributed by atoms with van der Waals surface area (Å²) in [6.45, 7) is 2.37. The predicted molar refractivity (Wildman–Crippen MR) is 129 cm³/mol. The van der Waals surface area contributed by atoms with E-state index in [4.69, 9.17) is 18.9 Å². The van der Waals surface area contributed by atoms with E-state index in [0.29, 0.717) is 35.2 Å². The number of hydrazone groups is 1. The molecule has 0 aliphatic carbocycles. The molecule has 0 saturated heterocycles. The van der Waals surface area contributed by atoms with Crippen molar-refractivity contribution in [3.63, 3.8) is 0 Å². The zero-order valence-corrected chi connectivity index (χ0v) is 20.5. The number of rotatable bonds is 11. The average Bonchev–Trinajstić information content (AvgIpc) is 2.80. The van der Waals surface area contributed by atoms with Crippen molar-refractivity contribution in [1.29, 1.82) is 0 Å². The Morgan fingerprint density at radius 3 is 2.41 bits per heavy atom. The molecule has 2 aromatic rings. The molecule has 2 amide bonds. The average molecular weight is 555 g/mol. The van der Waals surface area contributed by atoms with Crippen LogP contribution >= 0.6 is 22.6 Å². The summed E-state index contributed by atoms with van der Waals surface area (Å²) in [6.07, 6.45) is 2.37. The highest BCUT2D eigenvalue weighted by Gasteiger charge is 2.13. The quantitative estimate of drug-likeness (QED) is 0.251. The molecule has 0 heterocycles. The van der Waals surface area contributed by atoms with Gasteiger partial charge < -0.3 is 24.3 Å². The van der Waals surface area contributed by atoms with E-state index < -0.39 is 11.8 Å². The molecule has 0 spiro atoms. The number of amides is 2. The number of hydrogen-bond acceptors (Lipinski definition) is 7. The molecule has 0 radical (unpaired) electrons. The van der Waals surface area contributed by atoms with Crippen LogP contribution in [0.5, 0.6) is 23.0 Å². The van der Waals surface area contributed by atoms with Crippen molar-refractivity contribution < 1.29 is 28.5 Å². The predicted octanol–water partition coefficient (Wildman–Crippen LogP) is 2.99. The first-order valence-corrected chi connectivity index (χ1v) is 10.8. The van der Waals surface area contributed by atoms with Crippen LogP contribution in [-0.4, -0.2) is 52.5 Å². The monoisotopic (exact) mass is 555 g/mol. The molecule has 172 valence electrons. The van der Waals surface area contributed by atoms with Gasteiger partial charge in [0, 0.05) is 5.56 Å². The Bertz CT molecular complexity index is 980. The zero-order valence-electron chi connectivity index (χ0n) is 18.4. The van der Waals surface area contributed by atoms with Crippen LogP contribution < -0.4 is 29.7 Å². The first-order valence-electron chi connectivity index (χ1n) is 9.75. The van der Waals surface area contributed by atoms with E-state index >= 15 is 0 Å². The van der Waals surface area contributed by atoms with Crippen molar-refractivity contribution in [2.45, 2.75) is 13.3 Å². The molecule has 0 saturated carbocycles. The van der Waals surface area contributed by atoms with Gasteiger partial charge in [0.05, 0.1) is 44.3 Å². The molecule has 2 N–H and O–H groups in total. The number of nitrogens with one attached hydrogen (secondary N) is 2. The van der Waals surface area contributed by atoms with E-state index in [1.807, 2.05) is 13.0 Å². The van der Waals surface area contributed by atoms with Crippen LogP contribution in [0.2, 0.25) is 0 Å². The second-order valence-corrected chi connectivity index (χ2v) is 7.59. The number of carbonyl (C=O) groups excluding carboxylic acids is 2. The van der Waals surface area contributed by atoms with Crippen molar-refractivity contribution in [3.8, 4) is 23.0 Å². The lowest BCUT2D eigenvalue weighted by Crippen LogP contribution is -2.34. The van der Waals surface area contributed by atoms with Gasteiger partial charge in [0.15, 0.2) is 23.0 Å². The van der Waals surface area contributed by atoms with Gasteiger partial charge in [-0.3, -0.25) is 9.59 Å². The molecule has 32 heavy (non-hydrogen) atoms. The van der Waals surface area contributed by atoms with Crippen molar-refractivity contribution >= 4 is 40.6 Å². The van der Waals surface area contributed by atoms with Crippen molar-refractivity contribution in [2.24, 2.45) is 5.10 Å². The normalized spacial score (nSPS) is 10.5. The van der Waals surface area contributed by atoms with Gasteiger partial charge in [-0.1, -0.05) is 6.92 Å². The Kier molecular flexibility index (Phi) is 10.1. The standard InChI is InChI=1S/C22H26IN3O6/c1-5-8-32-21-16(23)9-14(10-19(21)31-4)12-25-26-20(27)13-24-22(28)15-6-7-17(29-2)18(11-15)30-3/h6-7,9-12H,5,8,13H2,1-4H3,(H,24,28)(H,26,27). The molecule has 2 aromatic carbocycles. The molecule has 10 heteroatoms. The molecule has 0 aliphatic rings. The fraction of sp³-hybridized carbons (Fsp3) is 0.318. The lowest BCUT2D eigenvalue weighted by atomic mass is 10.2. The maximum atomic E-state index is 12.3. The summed E-state index contributed by atoms with van der Waals surface area (Å²) in [5, 5.41) is 6.47. The molecular weight excluding hydrogens is 529 g/mol. The van der Waals surface area contributed by atoms with Crippen molar-refractivity contribution in [2.75, 3.05) is 34.5 Å². The third-order valence-corrected chi connectivity index (χ3v) is 4.96. The summed E-state index contributed by atoms with van der Waals surface area (Å²) in [4.78, 5) is 24.3. The maximum absolute atomic E-state index is 12.3. The largest absolute Gasteiger partial charge is 0.493 e. The van der Waals surface area contributed by atoms with Gasteiger partial charge in [0.1, 0.15) is 0 Å². The van der Waals surface area contributed by atoms with Crippen LogP contribution in [0.1, 0.15) is 29.3 Å². The van der Waals surface area contributed by atoms with E-state index in [-0.39, 0.29) is 6.54 Å². The summed E-state index contributed by atoms with van der Waals surface area (Å²) in [7, 11) is 4.55. The Hall–Kier alpha value is -3.02. The molecule has 0 bridgehead atoms. The zero-order chi connectivity index (χ0) is 23.5. The highest BCUT2D eigenvalue weighted by molar-refractivity contribution is 14.1. The third kappa shape index (κ3) is 7.01. The highest BCUT2D eigenvalue weighted by Crippen LogP contribution is 2.33. The van der Waals surface area contributed by atoms with Gasteiger partial charge in [-0.05, 0) is 64.9 Å². The fourth-order valence-electron chi connectivity index (χ4n) is 2.62. The van der Waals surface area contributed by atoms with Crippen LogP contribution in [0.4, 0.5) is 0 Å². The molecular formula is C22H26IN3O6.